The number of carbonyl (C=O) groups is 1. The number of para-hydroxylation sites is 1. The van der Waals surface area contributed by atoms with Crippen molar-refractivity contribution < 1.29 is 9.53 Å². The number of esters is 1. The highest BCUT2D eigenvalue weighted by Crippen LogP contribution is 2.29. The van der Waals surface area contributed by atoms with Crippen molar-refractivity contribution in [3.63, 3.8) is 0 Å². The van der Waals surface area contributed by atoms with E-state index in [2.05, 4.69) is 4.98 Å². The number of nitrogens with one attached hydrogen (secondary N) is 1. The summed E-state index contributed by atoms with van der Waals surface area (Å²) >= 11 is 1.29. The summed E-state index contributed by atoms with van der Waals surface area (Å²) in [7, 11) is 0. The Balaban J connectivity index is 2.32. The molecule has 0 bridgehead atoms. The molecule has 4 nitrogen and oxygen atoms in total. The zero-order valence-corrected chi connectivity index (χ0v) is 11.0. The lowest BCUT2D eigenvalue weighted by atomic mass is 10.2. The van der Waals surface area contributed by atoms with Crippen molar-refractivity contribution in [1.82, 2.24) is 4.98 Å². The van der Waals surface area contributed by atoms with Gasteiger partial charge in [0, 0.05) is 10.9 Å². The van der Waals surface area contributed by atoms with Gasteiger partial charge in [-0.1, -0.05) is 18.2 Å². The summed E-state index contributed by atoms with van der Waals surface area (Å²) in [5.74, 6) is -0.382. The number of rotatable bonds is 2. The molecule has 2 aromatic heterocycles. The van der Waals surface area contributed by atoms with Crippen molar-refractivity contribution in [3.8, 4) is 0 Å². The summed E-state index contributed by atoms with van der Waals surface area (Å²) in [6, 6.07) is 9.15. The molecule has 0 spiro atoms. The number of carbonyl (C=O) groups excluding carboxylic acids is 1. The molecule has 3 aromatic rings. The van der Waals surface area contributed by atoms with Crippen molar-refractivity contribution in [2.75, 3.05) is 6.61 Å². The van der Waals surface area contributed by atoms with Crippen molar-refractivity contribution in [2.24, 2.45) is 0 Å². The molecule has 0 aliphatic rings. The second kappa shape index (κ2) is 4.51. The molecular weight excluding hydrogens is 262 g/mol. The predicted octanol–water partition coefficient (Wildman–Crippen LogP) is 2.92. The Morgan fingerprint density at radius 1 is 1.32 bits per heavy atom. The molecule has 0 saturated carbocycles. The maximum absolute atomic E-state index is 12.0. The largest absolute Gasteiger partial charge is 0.462 e. The van der Waals surface area contributed by atoms with E-state index >= 15 is 0 Å². The van der Waals surface area contributed by atoms with Gasteiger partial charge in [0.25, 0.3) is 5.56 Å². The number of benzene rings is 1. The van der Waals surface area contributed by atoms with E-state index in [4.69, 9.17) is 4.74 Å². The fourth-order valence-corrected chi connectivity index (χ4v) is 3.13. The average molecular weight is 273 g/mol. The fourth-order valence-electron chi connectivity index (χ4n) is 2.04. The Hall–Kier alpha value is -2.14. The highest BCUT2D eigenvalue weighted by atomic mass is 32.1. The van der Waals surface area contributed by atoms with Crippen molar-refractivity contribution in [2.45, 2.75) is 6.92 Å². The van der Waals surface area contributed by atoms with Crippen LogP contribution in [0.15, 0.2) is 35.1 Å². The molecular formula is C14H11NO3S. The molecule has 1 N–H and O–H groups in total. The van der Waals surface area contributed by atoms with Crippen LogP contribution in [0.3, 0.4) is 0 Å². The van der Waals surface area contributed by atoms with Crippen LogP contribution in [0.5, 0.6) is 0 Å². The van der Waals surface area contributed by atoms with Crippen LogP contribution in [0.1, 0.15) is 16.6 Å². The van der Waals surface area contributed by atoms with Crippen LogP contribution in [0.25, 0.3) is 21.0 Å². The number of H-pyrrole nitrogens is 1. The maximum Gasteiger partial charge on any atom is 0.348 e. The fraction of sp³-hybridized carbons (Fsp3) is 0.143. The van der Waals surface area contributed by atoms with Gasteiger partial charge >= 0.3 is 5.97 Å². The zero-order chi connectivity index (χ0) is 13.4. The number of hydrogen-bond donors (Lipinski definition) is 1. The van der Waals surface area contributed by atoms with Crippen LogP contribution in [-0.4, -0.2) is 17.6 Å². The lowest BCUT2D eigenvalue weighted by Crippen LogP contribution is -2.05. The third-order valence-electron chi connectivity index (χ3n) is 2.87. The minimum Gasteiger partial charge on any atom is -0.462 e. The molecule has 1 aromatic carbocycles. The maximum atomic E-state index is 12.0. The SMILES string of the molecule is CCOC(=O)c1cc2c(=O)[nH]c3ccccc3c2s1. The zero-order valence-electron chi connectivity index (χ0n) is 10.2. The number of hydrogen-bond acceptors (Lipinski definition) is 4. The molecule has 0 unspecified atom stereocenters. The van der Waals surface area contributed by atoms with E-state index in [0.29, 0.717) is 16.9 Å². The Bertz CT molecular complexity index is 831. The molecule has 3 rings (SSSR count). The normalized spacial score (nSPS) is 11.0. The van der Waals surface area contributed by atoms with Gasteiger partial charge in [0.05, 0.1) is 16.7 Å². The van der Waals surface area contributed by atoms with E-state index in [1.165, 1.54) is 11.3 Å². The Morgan fingerprint density at radius 2 is 2.11 bits per heavy atom. The van der Waals surface area contributed by atoms with Crippen LogP contribution in [0.2, 0.25) is 0 Å². The van der Waals surface area contributed by atoms with Gasteiger partial charge in [-0.2, -0.15) is 0 Å². The highest BCUT2D eigenvalue weighted by Gasteiger charge is 2.15. The predicted molar refractivity (Wildman–Crippen MR) is 75.9 cm³/mol. The lowest BCUT2D eigenvalue weighted by molar-refractivity contribution is 0.0532. The van der Waals surface area contributed by atoms with Gasteiger partial charge in [0.2, 0.25) is 0 Å². The molecule has 0 saturated heterocycles. The Kier molecular flexibility index (Phi) is 2.83. The van der Waals surface area contributed by atoms with E-state index in [-0.39, 0.29) is 11.5 Å². The lowest BCUT2D eigenvalue weighted by Gasteiger charge is -1.97. The number of thiophene rings is 1. The van der Waals surface area contributed by atoms with E-state index in [0.717, 1.165) is 15.6 Å². The summed E-state index contributed by atoms with van der Waals surface area (Å²) in [5, 5.41) is 1.48. The second-order valence-electron chi connectivity index (χ2n) is 4.07. The number of ether oxygens (including phenoxy) is 1. The van der Waals surface area contributed by atoms with Gasteiger partial charge in [-0.25, -0.2) is 4.79 Å². The van der Waals surface area contributed by atoms with Gasteiger partial charge in [0.1, 0.15) is 4.88 Å². The molecule has 0 atom stereocenters. The molecule has 5 heteroatoms. The van der Waals surface area contributed by atoms with Crippen LogP contribution in [0, 0.1) is 0 Å². The van der Waals surface area contributed by atoms with Gasteiger partial charge in [0.15, 0.2) is 0 Å². The third-order valence-corrected chi connectivity index (χ3v) is 4.02. The van der Waals surface area contributed by atoms with E-state index < -0.39 is 0 Å². The molecule has 0 amide bonds. The number of pyridine rings is 1. The monoisotopic (exact) mass is 273 g/mol. The highest BCUT2D eigenvalue weighted by molar-refractivity contribution is 7.21. The van der Waals surface area contributed by atoms with Gasteiger partial charge in [-0.05, 0) is 19.1 Å². The summed E-state index contributed by atoms with van der Waals surface area (Å²) < 4.78 is 5.79. The minimum atomic E-state index is -0.382. The van der Waals surface area contributed by atoms with Crippen LogP contribution < -0.4 is 5.56 Å². The standard InChI is InChI=1S/C14H11NO3S/c1-2-18-14(17)11-7-9-12(19-11)8-5-3-4-6-10(8)15-13(9)16/h3-7H,2H2,1H3,(H,15,16). The number of fused-ring (bicyclic) bond motifs is 3. The van der Waals surface area contributed by atoms with E-state index in [1.807, 2.05) is 24.3 Å². The molecule has 19 heavy (non-hydrogen) atoms. The Morgan fingerprint density at radius 3 is 2.89 bits per heavy atom. The minimum absolute atomic E-state index is 0.180. The second-order valence-corrected chi connectivity index (χ2v) is 5.13. The number of aromatic nitrogens is 1. The smallest absolute Gasteiger partial charge is 0.348 e. The molecule has 0 aliphatic heterocycles. The Labute approximate surface area is 112 Å². The molecule has 0 radical (unpaired) electrons. The van der Waals surface area contributed by atoms with Gasteiger partial charge < -0.3 is 9.72 Å². The number of aromatic amines is 1. The molecule has 0 fully saturated rings. The summed E-state index contributed by atoms with van der Waals surface area (Å²) in [6.45, 7) is 2.08. The first-order valence-corrected chi connectivity index (χ1v) is 6.74. The first-order valence-electron chi connectivity index (χ1n) is 5.92. The first-order chi connectivity index (χ1) is 9.20. The third kappa shape index (κ3) is 1.92. The first kappa shape index (κ1) is 11.9. The van der Waals surface area contributed by atoms with E-state index in [1.54, 1.807) is 13.0 Å². The van der Waals surface area contributed by atoms with Gasteiger partial charge in [-0.15, -0.1) is 11.3 Å². The van der Waals surface area contributed by atoms with Crippen molar-refractivity contribution in [3.05, 3.63) is 45.6 Å². The summed E-state index contributed by atoms with van der Waals surface area (Å²) in [6.07, 6.45) is 0. The summed E-state index contributed by atoms with van der Waals surface area (Å²) in [5.41, 5.74) is 0.595. The van der Waals surface area contributed by atoms with Crippen molar-refractivity contribution in [1.29, 1.82) is 0 Å². The summed E-state index contributed by atoms with van der Waals surface area (Å²) in [4.78, 5) is 27.0. The van der Waals surface area contributed by atoms with Gasteiger partial charge in [-0.3, -0.25) is 4.79 Å². The quantitative estimate of drug-likeness (QED) is 0.730. The molecule has 2 heterocycles. The molecule has 96 valence electrons. The topological polar surface area (TPSA) is 59.2 Å². The van der Waals surface area contributed by atoms with Crippen molar-refractivity contribution >= 4 is 38.3 Å². The van der Waals surface area contributed by atoms with E-state index in [9.17, 15) is 9.59 Å². The van der Waals surface area contributed by atoms with Crippen LogP contribution >= 0.6 is 11.3 Å². The van der Waals surface area contributed by atoms with Crippen LogP contribution in [0.4, 0.5) is 0 Å². The molecule has 0 aliphatic carbocycles. The van der Waals surface area contributed by atoms with Crippen LogP contribution in [-0.2, 0) is 4.74 Å². The average Bonchev–Trinajstić information content (AvgIpc) is 2.85.